The fourth-order valence-electron chi connectivity index (χ4n) is 9.36. The fraction of sp³-hybridized carbons (Fsp3) is 0.600. The van der Waals surface area contributed by atoms with Gasteiger partial charge in [-0.15, -0.1) is 0 Å². The third kappa shape index (κ3) is 6.57. The highest BCUT2D eigenvalue weighted by Gasteiger charge is 2.56. The van der Waals surface area contributed by atoms with E-state index in [1.807, 2.05) is 36.5 Å². The van der Waals surface area contributed by atoms with Gasteiger partial charge in [0.1, 0.15) is 11.9 Å². The quantitative estimate of drug-likeness (QED) is 0.219. The largest absolute Gasteiger partial charge is 0.458 e. The summed E-state index contributed by atoms with van der Waals surface area (Å²) in [6, 6.07) is 9.39. The Bertz CT molecular complexity index is 1450. The summed E-state index contributed by atoms with van der Waals surface area (Å²) in [6.45, 7) is 11.2. The standard InChI is InChI=1S/C40H54N2O4/c1-5-10-31-25-41-38(42-31)40(21-22-40)36(46-37(45)29-11-7-6-8-12-29)19-14-26(2)33-17-18-34-28(13-9-20-39(33,34)4)15-16-30-23-32(43)24-35(44)27(30)3/h6-8,11-12,15-16,25-26,32-36,43-44H,3,5,9-10,13-14,17-24H2,1-2,4H3,(H,41,42)/b28-15+,30-16-/t26-,32-,33-,34+,35+,36-,39-/m1/s1. The van der Waals surface area contributed by atoms with E-state index in [1.54, 1.807) is 0 Å². The number of imidazole rings is 1. The number of nitrogens with zero attached hydrogens (tertiary/aromatic N) is 1. The Balaban J connectivity index is 1.17. The maximum absolute atomic E-state index is 13.4. The van der Waals surface area contributed by atoms with Crippen LogP contribution < -0.4 is 0 Å². The van der Waals surface area contributed by atoms with Crippen LogP contribution in [0.4, 0.5) is 0 Å². The zero-order valence-electron chi connectivity index (χ0n) is 28.1. The van der Waals surface area contributed by atoms with Gasteiger partial charge in [0.25, 0.3) is 0 Å². The Labute approximate surface area is 275 Å². The topological polar surface area (TPSA) is 95.4 Å². The third-order valence-corrected chi connectivity index (χ3v) is 12.1. The molecule has 0 saturated heterocycles. The molecular weight excluding hydrogens is 572 g/mol. The molecule has 6 heteroatoms. The highest BCUT2D eigenvalue weighted by molar-refractivity contribution is 5.89. The molecule has 0 unspecified atom stereocenters. The van der Waals surface area contributed by atoms with Crippen LogP contribution in [-0.4, -0.2) is 44.5 Å². The summed E-state index contributed by atoms with van der Waals surface area (Å²) >= 11 is 0. The van der Waals surface area contributed by atoms with Gasteiger partial charge in [-0.3, -0.25) is 0 Å². The van der Waals surface area contributed by atoms with Crippen LogP contribution >= 0.6 is 0 Å². The molecule has 3 N–H and O–H groups in total. The Morgan fingerprint density at radius 3 is 2.67 bits per heavy atom. The van der Waals surface area contributed by atoms with Gasteiger partial charge in [0.15, 0.2) is 0 Å². The summed E-state index contributed by atoms with van der Waals surface area (Å²) in [5.74, 6) is 2.42. The number of ether oxygens (including phenoxy) is 1. The number of carbonyl (C=O) groups is 1. The minimum Gasteiger partial charge on any atom is -0.458 e. The van der Waals surface area contributed by atoms with E-state index in [4.69, 9.17) is 9.72 Å². The second-order valence-electron chi connectivity index (χ2n) is 15.1. The molecular formula is C40H54N2O4. The molecule has 0 amide bonds. The zero-order chi connectivity index (χ0) is 32.5. The van der Waals surface area contributed by atoms with Crippen LogP contribution in [0.3, 0.4) is 0 Å². The van der Waals surface area contributed by atoms with E-state index >= 15 is 0 Å². The average Bonchev–Trinajstić information content (AvgIpc) is 3.57. The number of aromatic nitrogens is 2. The molecule has 2 aromatic rings. The fourth-order valence-corrected chi connectivity index (χ4v) is 9.36. The Morgan fingerprint density at radius 2 is 1.93 bits per heavy atom. The number of aryl methyl sites for hydroxylation is 1. The van der Waals surface area contributed by atoms with Crippen molar-refractivity contribution in [2.75, 3.05) is 0 Å². The average molecular weight is 627 g/mol. The Kier molecular flexibility index (Phi) is 9.78. The number of nitrogens with one attached hydrogen (secondary N) is 1. The lowest BCUT2D eigenvalue weighted by Crippen LogP contribution is -2.37. The third-order valence-electron chi connectivity index (χ3n) is 12.1. The molecule has 4 saturated carbocycles. The van der Waals surface area contributed by atoms with Crippen LogP contribution in [0.1, 0.15) is 120 Å². The molecule has 1 heterocycles. The van der Waals surface area contributed by atoms with Gasteiger partial charge in [0.2, 0.25) is 0 Å². The van der Waals surface area contributed by atoms with E-state index in [0.29, 0.717) is 36.2 Å². The number of esters is 1. The van der Waals surface area contributed by atoms with Crippen molar-refractivity contribution in [2.24, 2.45) is 23.2 Å². The maximum Gasteiger partial charge on any atom is 0.338 e. The molecule has 4 aliphatic rings. The van der Waals surface area contributed by atoms with Crippen molar-refractivity contribution < 1.29 is 19.7 Å². The minimum absolute atomic E-state index is 0.212. The molecule has 0 radical (unpaired) electrons. The summed E-state index contributed by atoms with van der Waals surface area (Å²) in [5, 5.41) is 20.6. The van der Waals surface area contributed by atoms with Crippen molar-refractivity contribution in [2.45, 2.75) is 128 Å². The van der Waals surface area contributed by atoms with Gasteiger partial charge in [-0.05, 0) is 117 Å². The molecule has 1 aromatic carbocycles. The first-order valence-electron chi connectivity index (χ1n) is 17.9. The molecule has 1 aromatic heterocycles. The highest BCUT2D eigenvalue weighted by Crippen LogP contribution is 2.60. The number of fused-ring (bicyclic) bond motifs is 1. The van der Waals surface area contributed by atoms with E-state index in [1.165, 1.54) is 31.3 Å². The minimum atomic E-state index is -0.654. The lowest BCUT2D eigenvalue weighted by molar-refractivity contribution is 0.0119. The van der Waals surface area contributed by atoms with Crippen molar-refractivity contribution in [1.29, 1.82) is 0 Å². The summed E-state index contributed by atoms with van der Waals surface area (Å²) in [4.78, 5) is 21.8. The number of rotatable bonds is 11. The molecule has 248 valence electrons. The molecule has 7 atom stereocenters. The van der Waals surface area contributed by atoms with Crippen LogP contribution in [0, 0.1) is 23.2 Å². The number of allylic oxidation sites excluding steroid dienone is 3. The van der Waals surface area contributed by atoms with Crippen molar-refractivity contribution in [3.8, 4) is 0 Å². The van der Waals surface area contributed by atoms with E-state index in [2.05, 4.69) is 44.5 Å². The van der Waals surface area contributed by atoms with Crippen LogP contribution in [0.15, 0.2) is 72.0 Å². The lowest BCUT2D eigenvalue weighted by atomic mass is 9.60. The summed E-state index contributed by atoms with van der Waals surface area (Å²) in [7, 11) is 0. The van der Waals surface area contributed by atoms with Crippen molar-refractivity contribution in [3.05, 3.63) is 89.1 Å². The van der Waals surface area contributed by atoms with Crippen molar-refractivity contribution in [3.63, 3.8) is 0 Å². The van der Waals surface area contributed by atoms with Gasteiger partial charge >= 0.3 is 5.97 Å². The number of carbonyl (C=O) groups excluding carboxylic acids is 1. The second-order valence-corrected chi connectivity index (χ2v) is 15.1. The number of benzene rings is 1. The number of aliphatic hydroxyl groups is 2. The van der Waals surface area contributed by atoms with Gasteiger partial charge in [0, 0.05) is 12.6 Å². The van der Waals surface area contributed by atoms with E-state index in [0.717, 1.165) is 67.6 Å². The Morgan fingerprint density at radius 1 is 1.15 bits per heavy atom. The van der Waals surface area contributed by atoms with Gasteiger partial charge in [-0.25, -0.2) is 9.78 Å². The van der Waals surface area contributed by atoms with Crippen LogP contribution in [0.5, 0.6) is 0 Å². The smallest absolute Gasteiger partial charge is 0.338 e. The predicted octanol–water partition coefficient (Wildman–Crippen LogP) is 8.18. The Hall–Kier alpha value is -2.96. The van der Waals surface area contributed by atoms with E-state index in [9.17, 15) is 15.0 Å². The molecule has 6 rings (SSSR count). The van der Waals surface area contributed by atoms with Crippen LogP contribution in [0.25, 0.3) is 0 Å². The number of aliphatic hydroxyl groups excluding tert-OH is 2. The molecule has 46 heavy (non-hydrogen) atoms. The predicted molar refractivity (Wildman–Crippen MR) is 182 cm³/mol. The summed E-state index contributed by atoms with van der Waals surface area (Å²) in [5.41, 5.74) is 4.97. The van der Waals surface area contributed by atoms with Crippen LogP contribution in [0.2, 0.25) is 0 Å². The van der Waals surface area contributed by atoms with Crippen LogP contribution in [-0.2, 0) is 16.6 Å². The SMILES string of the molecule is C=C1/C(=C\C=C2/CCC[C@]3(C)[C@@H]([C@H](C)CC[C@@H](OC(=O)c4ccccc4)C4(c5nc(CCC)c[nH]5)CC4)CC[C@@H]23)C[C@@H](O)C[C@@H]1O. The highest BCUT2D eigenvalue weighted by atomic mass is 16.5. The molecule has 4 fully saturated rings. The molecule has 4 aliphatic carbocycles. The number of hydrogen-bond acceptors (Lipinski definition) is 5. The van der Waals surface area contributed by atoms with E-state index in [-0.39, 0.29) is 22.9 Å². The normalized spacial score (nSPS) is 31.9. The summed E-state index contributed by atoms with van der Waals surface area (Å²) in [6.07, 6.45) is 17.8. The second kappa shape index (κ2) is 13.6. The number of hydrogen-bond donors (Lipinski definition) is 3. The first kappa shape index (κ1) is 33.0. The molecule has 0 bridgehead atoms. The van der Waals surface area contributed by atoms with Crippen molar-refractivity contribution >= 4 is 5.97 Å². The molecule has 0 aliphatic heterocycles. The zero-order valence-corrected chi connectivity index (χ0v) is 28.1. The summed E-state index contributed by atoms with van der Waals surface area (Å²) < 4.78 is 6.41. The first-order chi connectivity index (χ1) is 22.1. The first-order valence-corrected chi connectivity index (χ1v) is 17.9. The molecule has 6 nitrogen and oxygen atoms in total. The number of H-pyrrole nitrogens is 1. The lowest BCUT2D eigenvalue weighted by Gasteiger charge is -2.44. The monoisotopic (exact) mass is 626 g/mol. The van der Waals surface area contributed by atoms with Gasteiger partial charge < -0.3 is 19.9 Å². The van der Waals surface area contributed by atoms with Gasteiger partial charge in [-0.2, -0.15) is 0 Å². The van der Waals surface area contributed by atoms with Crippen molar-refractivity contribution in [1.82, 2.24) is 9.97 Å². The number of aromatic amines is 1. The van der Waals surface area contributed by atoms with Gasteiger partial charge in [-0.1, -0.05) is 69.7 Å². The van der Waals surface area contributed by atoms with E-state index < -0.39 is 12.2 Å². The van der Waals surface area contributed by atoms with Gasteiger partial charge in [0.05, 0.1) is 28.9 Å². The maximum atomic E-state index is 13.4. The molecule has 0 spiro atoms.